The van der Waals surface area contributed by atoms with Crippen molar-refractivity contribution in [3.05, 3.63) is 108 Å². The van der Waals surface area contributed by atoms with Crippen LogP contribution in [-0.2, 0) is 60.8 Å². The molecule has 24 N–H and O–H groups in total. The number of nitrogens with two attached hydrogens (primary N) is 7. The van der Waals surface area contributed by atoms with Crippen molar-refractivity contribution in [3.8, 4) is 0 Å². The molecule has 2 heterocycles. The Bertz CT molecular complexity index is 3270. The number of unbranched alkanes of at least 4 members (excludes halogenated alkanes) is 3. The third-order valence-electron chi connectivity index (χ3n) is 17.2. The molecule has 2 aliphatic rings. The number of aliphatic carboxylic acids is 2. The molecule has 0 aliphatic carbocycles. The Kier molecular flexibility index (Phi) is 38.4. The molecule has 0 spiro atoms. The second kappa shape index (κ2) is 46.1. The average Bonchev–Trinajstić information content (AvgIpc) is 1.66. The van der Waals surface area contributed by atoms with Gasteiger partial charge in [-0.15, -0.1) is 0 Å². The summed E-state index contributed by atoms with van der Waals surface area (Å²) in [6.07, 6.45) is 6.05. The summed E-state index contributed by atoms with van der Waals surface area (Å²) in [4.78, 5) is 150. The van der Waals surface area contributed by atoms with Gasteiger partial charge in [-0.3, -0.25) is 63.4 Å². The molecule has 0 radical (unpaired) electrons. The molecule has 568 valence electrons. The lowest BCUT2D eigenvalue weighted by Gasteiger charge is -2.33. The molecule has 2 fully saturated rings. The maximum absolute atomic E-state index is 14.4. The van der Waals surface area contributed by atoms with Gasteiger partial charge < -0.3 is 97.2 Å². The summed E-state index contributed by atoms with van der Waals surface area (Å²) in [5.74, 6) is -8.28. The number of β-amino-alcohol motifs (C(OH)–C–C–N with tert-alkyl or cyclic N) is 1. The Hall–Kier alpha value is -9.60. The predicted molar refractivity (Wildman–Crippen MR) is 395 cm³/mol. The van der Waals surface area contributed by atoms with Gasteiger partial charge in [0, 0.05) is 63.8 Å². The Morgan fingerprint density at radius 3 is 1.56 bits per heavy atom. The van der Waals surface area contributed by atoms with Crippen molar-refractivity contribution in [1.82, 2.24) is 47.0 Å². The number of carboxylic acids is 2. The van der Waals surface area contributed by atoms with Gasteiger partial charge in [-0.2, -0.15) is 12.6 Å². The third-order valence-corrected chi connectivity index (χ3v) is 17.5. The van der Waals surface area contributed by atoms with Crippen LogP contribution in [-0.4, -0.2) is 208 Å². The lowest BCUT2D eigenvalue weighted by Crippen LogP contribution is -2.59. The van der Waals surface area contributed by atoms with Crippen LogP contribution < -0.4 is 77.4 Å². The molecule has 0 saturated carbocycles. The zero-order valence-corrected chi connectivity index (χ0v) is 60.1. The number of aliphatic hydroxyl groups excluding tert-OH is 1. The highest BCUT2D eigenvalue weighted by atomic mass is 32.1. The Labute approximate surface area is 607 Å². The first kappa shape index (κ1) is 85.8. The van der Waals surface area contributed by atoms with Crippen LogP contribution in [0.2, 0.25) is 0 Å². The van der Waals surface area contributed by atoms with Gasteiger partial charge in [0.2, 0.25) is 47.3 Å². The Morgan fingerprint density at radius 1 is 0.563 bits per heavy atom. The molecule has 0 aromatic heterocycles. The zero-order valence-electron chi connectivity index (χ0n) is 59.2. The number of carbonyl (C=O) groups is 10. The minimum atomic E-state index is -1.35. The molecule has 8 amide bonds. The maximum atomic E-state index is 14.4. The van der Waals surface area contributed by atoms with Crippen molar-refractivity contribution in [1.29, 1.82) is 0 Å². The number of thiol groups is 1. The van der Waals surface area contributed by atoms with Crippen LogP contribution in [0.25, 0.3) is 0 Å². The van der Waals surface area contributed by atoms with E-state index in [2.05, 4.69) is 83.9 Å². The van der Waals surface area contributed by atoms with Gasteiger partial charge in [0.25, 0.3) is 0 Å². The van der Waals surface area contributed by atoms with Crippen molar-refractivity contribution >= 4 is 89.7 Å². The fourth-order valence-corrected chi connectivity index (χ4v) is 12.1. The predicted octanol–water partition coefficient (Wildman–Crippen LogP) is -0.746. The lowest BCUT2D eigenvalue weighted by molar-refractivity contribution is -0.148. The van der Waals surface area contributed by atoms with E-state index in [1.807, 2.05) is 32.0 Å². The zero-order chi connectivity index (χ0) is 76.0. The van der Waals surface area contributed by atoms with Crippen LogP contribution in [0.1, 0.15) is 140 Å². The fraction of sp³-hybridized carbons (Fsp3) is 0.557. The average molecular weight is 1460 g/mol. The van der Waals surface area contributed by atoms with E-state index >= 15 is 0 Å². The number of amides is 8. The highest BCUT2D eigenvalue weighted by Gasteiger charge is 2.46. The summed E-state index contributed by atoms with van der Waals surface area (Å²) in [5, 5.41) is 49.0. The van der Waals surface area contributed by atoms with Crippen LogP contribution in [0, 0.1) is 5.92 Å². The SMILES string of the molecule is CC(C)C[C@H](NC(=O)[C@@H](Cc1ccccc1)NC(=O)[C@H](Cc1ccccc1)NC(=O)CNC(=O)[C@@H]1C[C@H](O)CN1C(=O)[C@@H]1CCCN1C(=O)[C@H](CCCN=C(N)N)NC(=O)[C@H](N)CCCN=C(N)N)C(=O)N[C@@H](CCCN=C(N)N)C(=O)O.CCCCCCC(NC(CS)C(=O)O)c1ccccc1. The molecule has 0 bridgehead atoms. The standard InChI is InChI=1S/C54H84N18O11.C16H25NO2S/c1-31(2)25-38(45(76)68-37(51(82)83)19-11-23-64-54(60)61)69-47(78)40(27-33-15-7-4-8-16-33)70-46(77)39(26-32-13-5-3-6-14-32)66-43(74)29-65-48(79)42-28-34(73)30-72(42)50(81)41-20-12-24-71(41)49(80)36(18-10-22-63-53(58)59)67-44(75)35(55)17-9-21-62-52(56)57;1-2-3-4-8-11-14(13-9-6-5-7-10-13)17-15(12-20)16(18)19/h3-8,13-16,31,34-42,73H,9-12,17-30,55H2,1-2H3,(H,65,79)(H,66,74)(H,67,75)(H,68,76)(H,69,78)(H,70,77)(H,82,83)(H4,56,57,62)(H4,58,59,63)(H4,60,61,64);5-7,9-10,14-15,17,20H,2-4,8,11-12H2,1H3,(H,18,19)/t34-,35+,36-,37-,38-,39-,40+,41-,42-;/m0./s1. The molecule has 103 heavy (non-hydrogen) atoms. The van der Waals surface area contributed by atoms with E-state index in [1.54, 1.807) is 60.7 Å². The number of guanidine groups is 3. The molecule has 2 aliphatic heterocycles. The number of carboxylic acid groups (broad SMARTS) is 2. The van der Waals surface area contributed by atoms with E-state index in [4.69, 9.17) is 45.2 Å². The number of nitrogens with one attached hydrogen (secondary N) is 7. The summed E-state index contributed by atoms with van der Waals surface area (Å²) < 4.78 is 0. The van der Waals surface area contributed by atoms with E-state index in [1.165, 1.54) is 24.2 Å². The summed E-state index contributed by atoms with van der Waals surface area (Å²) >= 11 is 4.12. The molecule has 2 saturated heterocycles. The summed E-state index contributed by atoms with van der Waals surface area (Å²) in [6, 6.07) is 17.1. The molecule has 2 unspecified atom stereocenters. The number of benzene rings is 3. The quantitative estimate of drug-likeness (QED) is 0.0143. The van der Waals surface area contributed by atoms with Crippen LogP contribution in [0.15, 0.2) is 106 Å². The van der Waals surface area contributed by atoms with Crippen molar-refractivity contribution in [2.24, 2.45) is 61.0 Å². The first-order valence-electron chi connectivity index (χ1n) is 35.1. The summed E-state index contributed by atoms with van der Waals surface area (Å²) in [5.41, 5.74) is 41.1. The van der Waals surface area contributed by atoms with Gasteiger partial charge in [0.1, 0.15) is 48.3 Å². The molecule has 11 atom stereocenters. The van der Waals surface area contributed by atoms with Crippen molar-refractivity contribution in [2.45, 2.75) is 196 Å². The molecular formula is C70H109N19O13S. The molecule has 5 rings (SSSR count). The molecule has 3 aromatic carbocycles. The molecule has 33 heteroatoms. The second-order valence-electron chi connectivity index (χ2n) is 26.0. The Morgan fingerprint density at radius 2 is 1.05 bits per heavy atom. The minimum Gasteiger partial charge on any atom is -0.480 e. The van der Waals surface area contributed by atoms with E-state index in [-0.39, 0.29) is 127 Å². The maximum Gasteiger partial charge on any atom is 0.326 e. The number of likely N-dealkylation sites (tertiary alicyclic amines) is 2. The van der Waals surface area contributed by atoms with Gasteiger partial charge in [0.05, 0.1) is 18.7 Å². The largest absolute Gasteiger partial charge is 0.480 e. The monoisotopic (exact) mass is 1460 g/mol. The summed E-state index contributed by atoms with van der Waals surface area (Å²) in [7, 11) is 0. The molecule has 3 aromatic rings. The van der Waals surface area contributed by atoms with Gasteiger partial charge in [-0.1, -0.05) is 137 Å². The van der Waals surface area contributed by atoms with Crippen LogP contribution in [0.3, 0.4) is 0 Å². The van der Waals surface area contributed by atoms with Gasteiger partial charge in [-0.25, -0.2) is 4.79 Å². The van der Waals surface area contributed by atoms with Crippen LogP contribution in [0.5, 0.6) is 0 Å². The minimum absolute atomic E-state index is 0.0187. The summed E-state index contributed by atoms with van der Waals surface area (Å²) in [6.45, 7) is 5.48. The normalized spacial score (nSPS) is 17.0. The van der Waals surface area contributed by atoms with Crippen LogP contribution in [0.4, 0.5) is 0 Å². The topological polar surface area (TPSA) is 541 Å². The number of carbonyl (C=O) groups excluding carboxylic acids is 8. The van der Waals surface area contributed by atoms with E-state index in [9.17, 15) is 58.2 Å². The van der Waals surface area contributed by atoms with E-state index in [0.717, 1.165) is 23.3 Å². The van der Waals surface area contributed by atoms with E-state index < -0.39 is 126 Å². The first-order chi connectivity index (χ1) is 49.1. The van der Waals surface area contributed by atoms with Gasteiger partial charge in [0.15, 0.2) is 17.9 Å². The smallest absolute Gasteiger partial charge is 0.326 e. The van der Waals surface area contributed by atoms with Crippen molar-refractivity contribution in [2.75, 3.05) is 45.0 Å². The Balaban J connectivity index is 0.000000963. The van der Waals surface area contributed by atoms with Crippen molar-refractivity contribution < 1.29 is 63.3 Å². The lowest BCUT2D eigenvalue weighted by atomic mass is 9.99. The number of hydrogen-bond acceptors (Lipinski definition) is 17. The van der Waals surface area contributed by atoms with Crippen molar-refractivity contribution in [3.63, 3.8) is 0 Å². The molecule has 32 nitrogen and oxygen atoms in total. The number of aliphatic imine (C=N–C) groups is 3. The number of aliphatic hydroxyl groups is 1. The fourth-order valence-electron chi connectivity index (χ4n) is 11.9. The van der Waals surface area contributed by atoms with Gasteiger partial charge in [-0.05, 0) is 86.8 Å². The van der Waals surface area contributed by atoms with Crippen LogP contribution >= 0.6 is 12.6 Å². The number of hydrogen-bond donors (Lipinski definition) is 18. The first-order valence-corrected chi connectivity index (χ1v) is 35.7. The highest BCUT2D eigenvalue weighted by molar-refractivity contribution is 7.80. The second-order valence-corrected chi connectivity index (χ2v) is 26.4. The molecular weight excluding hydrogens is 1350 g/mol. The van der Waals surface area contributed by atoms with E-state index in [0.29, 0.717) is 29.7 Å². The third kappa shape index (κ3) is 31.7. The van der Waals surface area contributed by atoms with Gasteiger partial charge >= 0.3 is 11.9 Å². The number of nitrogens with zero attached hydrogens (tertiary/aromatic N) is 5. The highest BCUT2D eigenvalue weighted by Crippen LogP contribution is 2.27. The number of rotatable bonds is 43.